The predicted octanol–water partition coefficient (Wildman–Crippen LogP) is 3.43. The maximum absolute atomic E-state index is 5.46. The normalized spacial score (nSPS) is 14.9. The summed E-state index contributed by atoms with van der Waals surface area (Å²) < 4.78 is 0. The number of nitrogens with two attached hydrogens (primary N) is 1. The van der Waals surface area contributed by atoms with Crippen molar-refractivity contribution in [2.75, 3.05) is 6.54 Å². The first kappa shape index (κ1) is 12.2. The molecule has 1 heteroatoms. The van der Waals surface area contributed by atoms with E-state index in [0.717, 1.165) is 31.7 Å². The van der Waals surface area contributed by atoms with Crippen LogP contribution in [0.5, 0.6) is 0 Å². The fourth-order valence-corrected chi connectivity index (χ4v) is 2.20. The summed E-state index contributed by atoms with van der Waals surface area (Å²) in [5, 5.41) is 0. The largest absolute Gasteiger partial charge is 0.330 e. The van der Waals surface area contributed by atoms with E-state index in [-0.39, 0.29) is 0 Å². The Hall–Kier alpha value is -1.26. The van der Waals surface area contributed by atoms with E-state index >= 15 is 0 Å². The number of hydrogen-bond donors (Lipinski definition) is 1. The topological polar surface area (TPSA) is 26.0 Å². The highest BCUT2D eigenvalue weighted by Gasteiger charge is 2.20. The van der Waals surface area contributed by atoms with E-state index in [2.05, 4.69) is 36.1 Å². The predicted molar refractivity (Wildman–Crippen MR) is 72.8 cm³/mol. The highest BCUT2D eigenvalue weighted by atomic mass is 14.5. The third-order valence-corrected chi connectivity index (χ3v) is 3.48. The van der Waals surface area contributed by atoms with Gasteiger partial charge < -0.3 is 5.73 Å². The number of rotatable bonds is 4. The lowest BCUT2D eigenvalue weighted by molar-refractivity contribution is 0.419. The molecule has 0 atom stereocenters. The molecule has 0 spiro atoms. The summed E-state index contributed by atoms with van der Waals surface area (Å²) in [5.41, 5.74) is 8.17. The molecule has 1 aromatic rings. The number of unbranched alkanes of at least 4 members (excludes halogenated alkanes) is 2. The second-order valence-electron chi connectivity index (χ2n) is 4.76. The fraction of sp³-hybridized carbons (Fsp3) is 0.500. The molecule has 1 aromatic carbocycles. The fourth-order valence-electron chi connectivity index (χ4n) is 2.20. The van der Waals surface area contributed by atoms with Crippen LogP contribution in [0.3, 0.4) is 0 Å². The van der Waals surface area contributed by atoms with Crippen molar-refractivity contribution in [2.45, 2.75) is 44.4 Å². The molecule has 1 fully saturated rings. The second-order valence-corrected chi connectivity index (χ2v) is 4.76. The van der Waals surface area contributed by atoms with Crippen LogP contribution in [-0.4, -0.2) is 6.54 Å². The van der Waals surface area contributed by atoms with Crippen molar-refractivity contribution in [1.82, 2.24) is 0 Å². The molecule has 0 radical (unpaired) electrons. The van der Waals surface area contributed by atoms with Crippen LogP contribution in [0.2, 0.25) is 0 Å². The Morgan fingerprint density at radius 2 is 2.00 bits per heavy atom. The van der Waals surface area contributed by atoms with Crippen molar-refractivity contribution in [3.63, 3.8) is 0 Å². The Balaban J connectivity index is 1.99. The molecule has 90 valence electrons. The molecule has 0 saturated heterocycles. The summed E-state index contributed by atoms with van der Waals surface area (Å²) in [6.45, 7) is 0.778. The van der Waals surface area contributed by atoms with E-state index in [0.29, 0.717) is 0 Å². The first-order chi connectivity index (χ1) is 8.42. The van der Waals surface area contributed by atoms with Crippen molar-refractivity contribution in [3.05, 3.63) is 35.4 Å². The van der Waals surface area contributed by atoms with Gasteiger partial charge in [0, 0.05) is 12.0 Å². The minimum absolute atomic E-state index is 0.768. The standard InChI is InChI=1S/C16H21N/c17-13-6-2-1-3-8-14-9-4-5-12-16(14)15-10-7-11-15/h4-5,9,12,15H,1-2,6-7,10-11,13,17H2. The molecule has 2 rings (SSSR count). The van der Waals surface area contributed by atoms with Gasteiger partial charge in [0.25, 0.3) is 0 Å². The molecule has 0 heterocycles. The third kappa shape index (κ3) is 3.35. The lowest BCUT2D eigenvalue weighted by Gasteiger charge is -2.26. The van der Waals surface area contributed by atoms with Crippen LogP contribution in [-0.2, 0) is 0 Å². The molecule has 0 aliphatic heterocycles. The molecule has 17 heavy (non-hydrogen) atoms. The highest BCUT2D eigenvalue weighted by Crippen LogP contribution is 2.37. The zero-order valence-corrected chi connectivity index (χ0v) is 10.4. The molecular weight excluding hydrogens is 206 g/mol. The Morgan fingerprint density at radius 1 is 1.18 bits per heavy atom. The Morgan fingerprint density at radius 3 is 2.71 bits per heavy atom. The van der Waals surface area contributed by atoms with Gasteiger partial charge in [-0.25, -0.2) is 0 Å². The minimum atomic E-state index is 0.768. The van der Waals surface area contributed by atoms with Crippen LogP contribution in [0.15, 0.2) is 24.3 Å². The maximum Gasteiger partial charge on any atom is 0.0280 e. The monoisotopic (exact) mass is 227 g/mol. The van der Waals surface area contributed by atoms with Crippen LogP contribution in [0, 0.1) is 11.8 Å². The molecule has 2 N–H and O–H groups in total. The first-order valence-electron chi connectivity index (χ1n) is 6.69. The maximum atomic E-state index is 5.46. The van der Waals surface area contributed by atoms with Crippen molar-refractivity contribution >= 4 is 0 Å². The third-order valence-electron chi connectivity index (χ3n) is 3.48. The van der Waals surface area contributed by atoms with Gasteiger partial charge >= 0.3 is 0 Å². The van der Waals surface area contributed by atoms with Crippen molar-refractivity contribution in [3.8, 4) is 11.8 Å². The van der Waals surface area contributed by atoms with Crippen LogP contribution >= 0.6 is 0 Å². The van der Waals surface area contributed by atoms with Gasteiger partial charge in [-0.2, -0.15) is 0 Å². The Kier molecular flexibility index (Phi) is 4.64. The van der Waals surface area contributed by atoms with Crippen molar-refractivity contribution in [1.29, 1.82) is 0 Å². The molecule has 1 aliphatic carbocycles. The van der Waals surface area contributed by atoms with Gasteiger partial charge in [-0.1, -0.05) is 36.5 Å². The smallest absolute Gasteiger partial charge is 0.0280 e. The van der Waals surface area contributed by atoms with Gasteiger partial charge in [0.1, 0.15) is 0 Å². The molecular formula is C16H21N. The van der Waals surface area contributed by atoms with Gasteiger partial charge in [0.15, 0.2) is 0 Å². The van der Waals surface area contributed by atoms with Gasteiger partial charge in [0.2, 0.25) is 0 Å². The number of benzene rings is 1. The molecule has 1 saturated carbocycles. The molecule has 0 amide bonds. The van der Waals surface area contributed by atoms with Crippen LogP contribution < -0.4 is 5.73 Å². The first-order valence-corrected chi connectivity index (χ1v) is 6.69. The van der Waals surface area contributed by atoms with E-state index in [9.17, 15) is 0 Å². The molecule has 0 bridgehead atoms. The molecule has 1 aliphatic rings. The minimum Gasteiger partial charge on any atom is -0.330 e. The van der Waals surface area contributed by atoms with E-state index in [1.165, 1.54) is 30.4 Å². The summed E-state index contributed by atoms with van der Waals surface area (Å²) in [6, 6.07) is 8.62. The summed E-state index contributed by atoms with van der Waals surface area (Å²) in [6.07, 6.45) is 7.23. The summed E-state index contributed by atoms with van der Waals surface area (Å²) in [5.74, 6) is 7.37. The average molecular weight is 227 g/mol. The average Bonchev–Trinajstić information content (AvgIpc) is 2.29. The second kappa shape index (κ2) is 6.47. The zero-order chi connectivity index (χ0) is 11.9. The van der Waals surface area contributed by atoms with Gasteiger partial charge in [-0.3, -0.25) is 0 Å². The van der Waals surface area contributed by atoms with Crippen molar-refractivity contribution in [2.24, 2.45) is 5.73 Å². The molecule has 0 aromatic heterocycles. The zero-order valence-electron chi connectivity index (χ0n) is 10.4. The van der Waals surface area contributed by atoms with E-state index in [1.54, 1.807) is 0 Å². The van der Waals surface area contributed by atoms with E-state index in [1.807, 2.05) is 0 Å². The summed E-state index contributed by atoms with van der Waals surface area (Å²) >= 11 is 0. The van der Waals surface area contributed by atoms with Crippen LogP contribution in [0.4, 0.5) is 0 Å². The summed E-state index contributed by atoms with van der Waals surface area (Å²) in [4.78, 5) is 0. The lowest BCUT2D eigenvalue weighted by atomic mass is 9.78. The van der Waals surface area contributed by atoms with E-state index in [4.69, 9.17) is 5.73 Å². The Labute approximate surface area is 104 Å². The van der Waals surface area contributed by atoms with Gasteiger partial charge in [0.05, 0.1) is 0 Å². The molecule has 0 unspecified atom stereocenters. The lowest BCUT2D eigenvalue weighted by Crippen LogP contribution is -2.10. The Bertz CT molecular complexity index is 407. The highest BCUT2D eigenvalue weighted by molar-refractivity contribution is 5.43. The van der Waals surface area contributed by atoms with Gasteiger partial charge in [-0.15, -0.1) is 0 Å². The quantitative estimate of drug-likeness (QED) is 0.619. The molecule has 1 nitrogen and oxygen atoms in total. The van der Waals surface area contributed by atoms with Crippen molar-refractivity contribution < 1.29 is 0 Å². The number of hydrogen-bond acceptors (Lipinski definition) is 1. The summed E-state index contributed by atoms with van der Waals surface area (Å²) in [7, 11) is 0. The van der Waals surface area contributed by atoms with Crippen LogP contribution in [0.1, 0.15) is 55.6 Å². The van der Waals surface area contributed by atoms with E-state index < -0.39 is 0 Å². The SMILES string of the molecule is NCCCCC#Cc1ccccc1C1CCC1. The van der Waals surface area contributed by atoms with Crippen LogP contribution in [0.25, 0.3) is 0 Å². The van der Waals surface area contributed by atoms with Gasteiger partial charge in [-0.05, 0) is 49.8 Å².